The topological polar surface area (TPSA) is 96.5 Å². The SMILES string of the molecule is O=C(O)C1CCCN(C(=O)c2ccc(-c3noc(C(F)F)n3)cc2)C1. The highest BCUT2D eigenvalue weighted by Gasteiger charge is 2.28. The van der Waals surface area contributed by atoms with E-state index in [2.05, 4.69) is 14.7 Å². The molecule has 0 radical (unpaired) electrons. The van der Waals surface area contributed by atoms with Crippen LogP contribution < -0.4 is 0 Å². The summed E-state index contributed by atoms with van der Waals surface area (Å²) >= 11 is 0. The monoisotopic (exact) mass is 351 g/mol. The van der Waals surface area contributed by atoms with Crippen LogP contribution in [0.5, 0.6) is 0 Å². The number of aromatic nitrogens is 2. The fourth-order valence-electron chi connectivity index (χ4n) is 2.75. The Kier molecular flexibility index (Phi) is 4.73. The summed E-state index contributed by atoms with van der Waals surface area (Å²) in [6.07, 6.45) is -1.65. The van der Waals surface area contributed by atoms with Crippen LogP contribution in [0.1, 0.15) is 35.5 Å². The number of carbonyl (C=O) groups is 2. The minimum Gasteiger partial charge on any atom is -0.481 e. The summed E-state index contributed by atoms with van der Waals surface area (Å²) in [5.41, 5.74) is 0.821. The predicted molar refractivity (Wildman–Crippen MR) is 81.0 cm³/mol. The van der Waals surface area contributed by atoms with Gasteiger partial charge in [0.05, 0.1) is 5.92 Å². The molecule has 2 heterocycles. The minimum absolute atomic E-state index is 0.0122. The standard InChI is InChI=1S/C16H15F2N3O4/c17-12(18)14-19-13(20-25-14)9-3-5-10(6-4-9)15(22)21-7-1-2-11(8-21)16(23)24/h3-6,11-12H,1-2,7-8H2,(H,23,24). The van der Waals surface area contributed by atoms with Crippen LogP contribution in [0.15, 0.2) is 28.8 Å². The Bertz CT molecular complexity index is 776. The summed E-state index contributed by atoms with van der Waals surface area (Å²) in [5, 5.41) is 12.6. The molecule has 1 aromatic carbocycles. The zero-order valence-corrected chi connectivity index (χ0v) is 13.1. The molecule has 1 fully saturated rings. The first-order chi connectivity index (χ1) is 12.0. The maximum atomic E-state index is 12.5. The average molecular weight is 351 g/mol. The molecule has 1 aliphatic rings. The lowest BCUT2D eigenvalue weighted by Crippen LogP contribution is -2.42. The number of piperidine rings is 1. The van der Waals surface area contributed by atoms with E-state index in [1.165, 1.54) is 29.2 Å². The molecule has 1 N–H and O–H groups in total. The third-order valence-electron chi connectivity index (χ3n) is 4.08. The fourth-order valence-corrected chi connectivity index (χ4v) is 2.75. The second-order valence-electron chi connectivity index (χ2n) is 5.76. The summed E-state index contributed by atoms with van der Waals surface area (Å²) < 4.78 is 29.4. The fraction of sp³-hybridized carbons (Fsp3) is 0.375. The quantitative estimate of drug-likeness (QED) is 0.909. The molecular formula is C16H15F2N3O4. The van der Waals surface area contributed by atoms with E-state index in [1.807, 2.05) is 0 Å². The number of hydrogen-bond donors (Lipinski definition) is 1. The molecule has 1 saturated heterocycles. The lowest BCUT2D eigenvalue weighted by Gasteiger charge is -2.30. The van der Waals surface area contributed by atoms with Gasteiger partial charge in [0.15, 0.2) is 0 Å². The van der Waals surface area contributed by atoms with Gasteiger partial charge in [-0.3, -0.25) is 9.59 Å². The molecule has 1 aromatic heterocycles. The van der Waals surface area contributed by atoms with Crippen molar-refractivity contribution in [2.75, 3.05) is 13.1 Å². The lowest BCUT2D eigenvalue weighted by molar-refractivity contribution is -0.143. The number of halogens is 2. The van der Waals surface area contributed by atoms with Gasteiger partial charge in [-0.15, -0.1) is 0 Å². The Balaban J connectivity index is 1.73. The molecule has 9 heteroatoms. The van der Waals surface area contributed by atoms with Crippen molar-refractivity contribution in [3.63, 3.8) is 0 Å². The van der Waals surface area contributed by atoms with E-state index in [1.54, 1.807) is 0 Å². The predicted octanol–water partition coefficient (Wildman–Crippen LogP) is 2.61. The Hall–Kier alpha value is -2.84. The van der Waals surface area contributed by atoms with Crippen molar-refractivity contribution in [3.05, 3.63) is 35.7 Å². The number of likely N-dealkylation sites (tertiary alicyclic amines) is 1. The zero-order valence-electron chi connectivity index (χ0n) is 13.1. The molecule has 1 amide bonds. The van der Waals surface area contributed by atoms with Gasteiger partial charge in [0, 0.05) is 24.2 Å². The van der Waals surface area contributed by atoms with E-state index in [4.69, 9.17) is 5.11 Å². The van der Waals surface area contributed by atoms with Crippen LogP contribution in [-0.4, -0.2) is 45.1 Å². The minimum atomic E-state index is -2.84. The Morgan fingerprint density at radius 3 is 2.60 bits per heavy atom. The van der Waals surface area contributed by atoms with Crippen molar-refractivity contribution in [1.29, 1.82) is 0 Å². The number of nitrogens with zero attached hydrogens (tertiary/aromatic N) is 3. The smallest absolute Gasteiger partial charge is 0.315 e. The number of carboxylic acids is 1. The van der Waals surface area contributed by atoms with E-state index < -0.39 is 24.2 Å². The maximum absolute atomic E-state index is 12.5. The number of alkyl halides is 2. The number of carboxylic acid groups (broad SMARTS) is 1. The third kappa shape index (κ3) is 3.65. The average Bonchev–Trinajstić information content (AvgIpc) is 3.12. The largest absolute Gasteiger partial charge is 0.481 e. The van der Waals surface area contributed by atoms with Gasteiger partial charge in [-0.25, -0.2) is 0 Å². The third-order valence-corrected chi connectivity index (χ3v) is 4.08. The Morgan fingerprint density at radius 1 is 1.28 bits per heavy atom. The van der Waals surface area contributed by atoms with Crippen molar-refractivity contribution < 1.29 is 28.0 Å². The van der Waals surface area contributed by atoms with E-state index in [0.29, 0.717) is 30.5 Å². The number of amides is 1. The van der Waals surface area contributed by atoms with Crippen LogP contribution in [0.3, 0.4) is 0 Å². The van der Waals surface area contributed by atoms with Gasteiger partial charge < -0.3 is 14.5 Å². The molecule has 3 rings (SSSR count). The van der Waals surface area contributed by atoms with Gasteiger partial charge in [0.1, 0.15) is 0 Å². The van der Waals surface area contributed by atoms with Crippen LogP contribution >= 0.6 is 0 Å². The first-order valence-electron chi connectivity index (χ1n) is 7.70. The van der Waals surface area contributed by atoms with Crippen molar-refractivity contribution in [2.45, 2.75) is 19.3 Å². The van der Waals surface area contributed by atoms with Crippen LogP contribution in [-0.2, 0) is 4.79 Å². The molecule has 132 valence electrons. The summed E-state index contributed by atoms with van der Waals surface area (Å²) in [4.78, 5) is 28.7. The normalized spacial score (nSPS) is 17.7. The molecule has 0 bridgehead atoms. The molecule has 0 spiro atoms. The van der Waals surface area contributed by atoms with Gasteiger partial charge in [-0.2, -0.15) is 13.8 Å². The number of rotatable bonds is 4. The van der Waals surface area contributed by atoms with Crippen LogP contribution in [0.2, 0.25) is 0 Å². The summed E-state index contributed by atoms with van der Waals surface area (Å²) in [7, 11) is 0. The van der Waals surface area contributed by atoms with E-state index in [-0.39, 0.29) is 18.3 Å². The van der Waals surface area contributed by atoms with Gasteiger partial charge in [0.2, 0.25) is 5.82 Å². The number of carbonyl (C=O) groups excluding carboxylic acids is 1. The number of benzene rings is 1. The molecule has 25 heavy (non-hydrogen) atoms. The molecule has 1 unspecified atom stereocenters. The zero-order chi connectivity index (χ0) is 18.0. The Labute approximate surface area is 141 Å². The van der Waals surface area contributed by atoms with Gasteiger partial charge in [-0.1, -0.05) is 17.3 Å². The number of hydrogen-bond acceptors (Lipinski definition) is 5. The number of aliphatic carboxylic acids is 1. The molecule has 1 atom stereocenters. The van der Waals surface area contributed by atoms with Crippen LogP contribution in [0.4, 0.5) is 8.78 Å². The summed E-state index contributed by atoms with van der Waals surface area (Å²) in [5.74, 6) is -2.47. The Morgan fingerprint density at radius 2 is 2.00 bits per heavy atom. The molecule has 0 aliphatic carbocycles. The molecule has 1 aliphatic heterocycles. The second-order valence-corrected chi connectivity index (χ2v) is 5.76. The van der Waals surface area contributed by atoms with Gasteiger partial charge in [0.25, 0.3) is 11.8 Å². The molecule has 0 saturated carbocycles. The van der Waals surface area contributed by atoms with Crippen LogP contribution in [0.25, 0.3) is 11.4 Å². The summed E-state index contributed by atoms with van der Waals surface area (Å²) in [6.45, 7) is 0.686. The van der Waals surface area contributed by atoms with E-state index in [9.17, 15) is 18.4 Å². The molecule has 7 nitrogen and oxygen atoms in total. The highest BCUT2D eigenvalue weighted by atomic mass is 19.3. The first kappa shape index (κ1) is 17.0. The van der Waals surface area contributed by atoms with Crippen molar-refractivity contribution in [2.24, 2.45) is 5.92 Å². The van der Waals surface area contributed by atoms with E-state index in [0.717, 1.165) is 0 Å². The summed E-state index contributed by atoms with van der Waals surface area (Å²) in [6, 6.07) is 6.12. The van der Waals surface area contributed by atoms with E-state index >= 15 is 0 Å². The highest BCUT2D eigenvalue weighted by Crippen LogP contribution is 2.23. The first-order valence-corrected chi connectivity index (χ1v) is 7.70. The second kappa shape index (κ2) is 6.96. The van der Waals surface area contributed by atoms with Crippen molar-refractivity contribution >= 4 is 11.9 Å². The maximum Gasteiger partial charge on any atom is 0.315 e. The van der Waals surface area contributed by atoms with Crippen LogP contribution in [0, 0.1) is 5.92 Å². The van der Waals surface area contributed by atoms with Crippen molar-refractivity contribution in [3.8, 4) is 11.4 Å². The van der Waals surface area contributed by atoms with Crippen molar-refractivity contribution in [1.82, 2.24) is 15.0 Å². The highest BCUT2D eigenvalue weighted by molar-refractivity contribution is 5.95. The van der Waals surface area contributed by atoms with Gasteiger partial charge in [-0.05, 0) is 25.0 Å². The molecular weight excluding hydrogens is 336 g/mol. The lowest BCUT2D eigenvalue weighted by atomic mass is 9.97. The molecule has 2 aromatic rings. The van der Waals surface area contributed by atoms with Gasteiger partial charge >= 0.3 is 12.4 Å².